The predicted molar refractivity (Wildman–Crippen MR) is 102 cm³/mol. The van der Waals surface area contributed by atoms with Crippen molar-refractivity contribution in [2.45, 2.75) is 30.9 Å². The Morgan fingerprint density at radius 3 is 2.67 bits per heavy atom. The van der Waals surface area contributed by atoms with Gasteiger partial charge in [0.25, 0.3) is 0 Å². The number of aromatic nitrogens is 1. The minimum atomic E-state index is -3.52. The van der Waals surface area contributed by atoms with Gasteiger partial charge < -0.3 is 5.32 Å². The summed E-state index contributed by atoms with van der Waals surface area (Å²) in [6.45, 7) is 2.24. The molecule has 1 amide bonds. The van der Waals surface area contributed by atoms with Gasteiger partial charge in [-0.15, -0.1) is 0 Å². The van der Waals surface area contributed by atoms with Crippen molar-refractivity contribution in [3.8, 4) is 0 Å². The number of nitrogens with zero attached hydrogens (tertiary/aromatic N) is 3. The summed E-state index contributed by atoms with van der Waals surface area (Å²) in [6.07, 6.45) is 9.44. The van der Waals surface area contributed by atoms with Crippen molar-refractivity contribution in [2.24, 2.45) is 5.92 Å². The quantitative estimate of drug-likeness (QED) is 0.585. The molecule has 1 unspecified atom stereocenters. The predicted octanol–water partition coefficient (Wildman–Crippen LogP) is 2.31. The van der Waals surface area contributed by atoms with E-state index in [2.05, 4.69) is 10.3 Å². The van der Waals surface area contributed by atoms with Crippen LogP contribution in [0.5, 0.6) is 0 Å². The van der Waals surface area contributed by atoms with Gasteiger partial charge in [0.05, 0.1) is 4.92 Å². The van der Waals surface area contributed by atoms with Crippen molar-refractivity contribution < 1.29 is 18.1 Å². The molecule has 9 nitrogen and oxygen atoms in total. The molecule has 1 aliphatic heterocycles. The Hall–Kier alpha value is -2.11. The molecule has 1 fully saturated rings. The van der Waals surface area contributed by atoms with Crippen LogP contribution in [0.3, 0.4) is 0 Å². The number of allylic oxidation sites excluding steroid dienone is 3. The second-order valence-electron chi connectivity index (χ2n) is 6.73. The molecule has 1 aromatic rings. The van der Waals surface area contributed by atoms with E-state index in [9.17, 15) is 23.3 Å². The van der Waals surface area contributed by atoms with Crippen LogP contribution in [-0.2, 0) is 14.8 Å². The molecule has 1 N–H and O–H groups in total. The van der Waals surface area contributed by atoms with Crippen molar-refractivity contribution in [3.05, 3.63) is 40.6 Å². The molecular weight excluding hydrogens is 392 g/mol. The molecule has 1 saturated heterocycles. The number of nitro groups is 1. The van der Waals surface area contributed by atoms with E-state index in [1.54, 1.807) is 19.1 Å². The van der Waals surface area contributed by atoms with E-state index >= 15 is 0 Å². The van der Waals surface area contributed by atoms with E-state index in [0.717, 1.165) is 17.5 Å². The molecule has 27 heavy (non-hydrogen) atoms. The average molecular weight is 412 g/mol. The molecule has 1 atom stereocenters. The summed E-state index contributed by atoms with van der Waals surface area (Å²) in [4.78, 5) is 26.3. The van der Waals surface area contributed by atoms with Gasteiger partial charge in [0.2, 0.25) is 15.9 Å². The molecule has 2 aliphatic rings. The second kappa shape index (κ2) is 7.49. The molecule has 0 bridgehead atoms. The number of sulfonamides is 1. The molecule has 0 spiro atoms. The van der Waals surface area contributed by atoms with E-state index in [1.165, 1.54) is 4.31 Å². The fraction of sp³-hybridized carbons (Fsp3) is 0.500. The number of nitrogens with one attached hydrogen (secondary N) is 1. The van der Waals surface area contributed by atoms with Crippen LogP contribution in [0.2, 0.25) is 0 Å². The van der Waals surface area contributed by atoms with Crippen molar-refractivity contribution in [1.29, 1.82) is 0 Å². The van der Waals surface area contributed by atoms with Gasteiger partial charge in [0.15, 0.2) is 5.13 Å². The normalized spacial score (nSPS) is 24.0. The number of carbonyl (C=O) groups is 1. The monoisotopic (exact) mass is 412 g/mol. The standard InChI is InChI=1S/C16H20N4O5S2/c1-16(7-3-2-4-8-16)27(24,25)19-9-5-12(6-10-19)14(21)18-15-17-11-13(26-15)20(22)23/h2-4,7,11-12H,5-6,8-10H2,1H3,(H,17,18,21). The lowest BCUT2D eigenvalue weighted by Gasteiger charge is -2.37. The number of anilines is 1. The summed E-state index contributed by atoms with van der Waals surface area (Å²) in [7, 11) is -3.52. The molecule has 1 aromatic heterocycles. The summed E-state index contributed by atoms with van der Waals surface area (Å²) in [6, 6.07) is 0. The Labute approximate surface area is 161 Å². The molecular formula is C16H20N4O5S2. The zero-order valence-electron chi connectivity index (χ0n) is 14.7. The van der Waals surface area contributed by atoms with E-state index in [1.807, 2.05) is 12.2 Å². The van der Waals surface area contributed by atoms with E-state index in [-0.39, 0.29) is 35.0 Å². The van der Waals surface area contributed by atoms with Crippen LogP contribution in [0.4, 0.5) is 10.1 Å². The topological polar surface area (TPSA) is 123 Å². The maximum Gasteiger partial charge on any atom is 0.345 e. The number of carbonyl (C=O) groups excluding carboxylic acids is 1. The maximum atomic E-state index is 13.0. The molecule has 0 saturated carbocycles. The second-order valence-corrected chi connectivity index (χ2v) is 10.1. The van der Waals surface area contributed by atoms with Gasteiger partial charge in [-0.25, -0.2) is 17.7 Å². The zero-order valence-corrected chi connectivity index (χ0v) is 16.3. The van der Waals surface area contributed by atoms with Gasteiger partial charge in [-0.05, 0) is 37.5 Å². The first-order chi connectivity index (χ1) is 12.7. The Morgan fingerprint density at radius 2 is 2.11 bits per heavy atom. The van der Waals surface area contributed by atoms with E-state index in [0.29, 0.717) is 19.3 Å². The Kier molecular flexibility index (Phi) is 5.45. The Morgan fingerprint density at radius 1 is 1.41 bits per heavy atom. The van der Waals surface area contributed by atoms with Crippen molar-refractivity contribution >= 4 is 37.4 Å². The number of hydrogen-bond donors (Lipinski definition) is 1. The third kappa shape index (κ3) is 3.94. The number of amides is 1. The lowest BCUT2D eigenvalue weighted by Crippen LogP contribution is -2.49. The highest BCUT2D eigenvalue weighted by atomic mass is 32.2. The highest BCUT2D eigenvalue weighted by molar-refractivity contribution is 7.90. The third-order valence-corrected chi connectivity index (χ3v) is 8.27. The van der Waals surface area contributed by atoms with Crippen LogP contribution < -0.4 is 5.32 Å². The van der Waals surface area contributed by atoms with Gasteiger partial charge in [-0.1, -0.05) is 24.3 Å². The van der Waals surface area contributed by atoms with Crippen molar-refractivity contribution in [3.63, 3.8) is 0 Å². The molecule has 11 heteroatoms. The van der Waals surface area contributed by atoms with Gasteiger partial charge in [-0.3, -0.25) is 14.9 Å². The zero-order chi connectivity index (χ0) is 19.7. The van der Waals surface area contributed by atoms with Gasteiger partial charge in [0.1, 0.15) is 10.9 Å². The summed E-state index contributed by atoms with van der Waals surface area (Å²) < 4.78 is 26.4. The summed E-state index contributed by atoms with van der Waals surface area (Å²) in [5, 5.41) is 13.3. The SMILES string of the molecule is CC1(S(=O)(=O)N2CCC(C(=O)Nc3ncc([N+](=O)[O-])s3)CC2)C=CC=CC1. The van der Waals surface area contributed by atoms with Crippen LogP contribution in [0, 0.1) is 16.0 Å². The summed E-state index contributed by atoms with van der Waals surface area (Å²) in [5.74, 6) is -0.642. The first-order valence-corrected chi connectivity index (χ1v) is 10.7. The molecule has 2 heterocycles. The van der Waals surface area contributed by atoms with Crippen LogP contribution in [0.15, 0.2) is 30.5 Å². The van der Waals surface area contributed by atoms with Crippen LogP contribution >= 0.6 is 11.3 Å². The number of hydrogen-bond acceptors (Lipinski definition) is 7. The fourth-order valence-electron chi connectivity index (χ4n) is 3.17. The van der Waals surface area contributed by atoms with Crippen molar-refractivity contribution in [2.75, 3.05) is 18.4 Å². The lowest BCUT2D eigenvalue weighted by molar-refractivity contribution is -0.380. The van der Waals surface area contributed by atoms with E-state index in [4.69, 9.17) is 0 Å². The molecule has 1 aliphatic carbocycles. The first kappa shape index (κ1) is 19.6. The van der Waals surface area contributed by atoms with Gasteiger partial charge >= 0.3 is 5.00 Å². The molecule has 3 rings (SSSR count). The maximum absolute atomic E-state index is 13.0. The number of rotatable bonds is 5. The third-order valence-electron chi connectivity index (χ3n) is 4.88. The summed E-state index contributed by atoms with van der Waals surface area (Å²) >= 11 is 0.794. The first-order valence-electron chi connectivity index (χ1n) is 8.48. The van der Waals surface area contributed by atoms with Crippen molar-refractivity contribution in [1.82, 2.24) is 9.29 Å². The average Bonchev–Trinajstić information content (AvgIpc) is 3.11. The Bertz CT molecular complexity index is 900. The minimum Gasteiger partial charge on any atom is -0.302 e. The smallest absolute Gasteiger partial charge is 0.302 e. The fourth-order valence-corrected chi connectivity index (χ4v) is 5.64. The van der Waals surface area contributed by atoms with Crippen LogP contribution in [0.25, 0.3) is 0 Å². The molecule has 0 aromatic carbocycles. The lowest BCUT2D eigenvalue weighted by atomic mass is 9.97. The van der Waals surface area contributed by atoms with Crippen LogP contribution in [0.1, 0.15) is 26.2 Å². The Balaban J connectivity index is 1.59. The number of piperidine rings is 1. The summed E-state index contributed by atoms with van der Waals surface area (Å²) in [5.41, 5.74) is 0. The highest BCUT2D eigenvalue weighted by Gasteiger charge is 2.42. The minimum absolute atomic E-state index is 0.144. The van der Waals surface area contributed by atoms with Gasteiger partial charge in [-0.2, -0.15) is 0 Å². The molecule has 146 valence electrons. The number of thiazole rings is 1. The van der Waals surface area contributed by atoms with E-state index < -0.39 is 19.7 Å². The highest BCUT2D eigenvalue weighted by Crippen LogP contribution is 2.33. The molecule has 0 radical (unpaired) electrons. The van der Waals surface area contributed by atoms with Gasteiger partial charge in [0, 0.05) is 19.0 Å². The largest absolute Gasteiger partial charge is 0.345 e. The van der Waals surface area contributed by atoms with Crippen LogP contribution in [-0.4, -0.2) is 46.4 Å².